The van der Waals surface area contributed by atoms with E-state index in [0.29, 0.717) is 0 Å². The highest BCUT2D eigenvalue weighted by Gasteiger charge is 2.49. The summed E-state index contributed by atoms with van der Waals surface area (Å²) in [6.45, 7) is 8.78. The number of hydrogen-bond acceptors (Lipinski definition) is 3. The van der Waals surface area contributed by atoms with Crippen LogP contribution in [0.3, 0.4) is 0 Å². The maximum Gasteiger partial charge on any atom is 0.331 e. The minimum Gasteiger partial charge on any atom is -0.425 e. The van der Waals surface area contributed by atoms with Gasteiger partial charge >= 0.3 is 6.92 Å². The van der Waals surface area contributed by atoms with Crippen molar-refractivity contribution in [3.8, 4) is 0 Å². The van der Waals surface area contributed by atoms with Crippen LogP contribution in [-0.2, 0) is 4.65 Å². The van der Waals surface area contributed by atoms with E-state index in [4.69, 9.17) is 16.3 Å². The van der Waals surface area contributed by atoms with E-state index in [0.717, 1.165) is 11.8 Å². The van der Waals surface area contributed by atoms with Crippen LogP contribution in [-0.4, -0.2) is 22.5 Å². The first-order chi connectivity index (χ1) is 7.32. The zero-order valence-electron chi connectivity index (χ0n) is 10.1. The van der Waals surface area contributed by atoms with E-state index < -0.39 is 0 Å². The molecule has 1 aromatic rings. The lowest BCUT2D eigenvalue weighted by Gasteiger charge is -2.34. The minimum atomic E-state index is -0.128. The summed E-state index contributed by atoms with van der Waals surface area (Å²) in [7, 11) is 0. The van der Waals surface area contributed by atoms with Crippen LogP contribution < -0.4 is 5.46 Å². The third-order valence-electron chi connectivity index (χ3n) is 3.77. The molecule has 2 heterocycles. The Morgan fingerprint density at radius 1 is 1.25 bits per heavy atom. The van der Waals surface area contributed by atoms with Gasteiger partial charge in [0.2, 0.25) is 5.28 Å². The number of nitrogens with zero attached hydrogens (tertiary/aromatic N) is 2. The topological polar surface area (TPSA) is 35.0 Å². The van der Waals surface area contributed by atoms with Gasteiger partial charge < -0.3 is 4.65 Å². The minimum absolute atomic E-state index is 0.0715. The molecule has 5 heteroatoms. The molecule has 0 N–H and O–H groups in total. The largest absolute Gasteiger partial charge is 0.425 e. The molecule has 0 aromatic carbocycles. The summed E-state index contributed by atoms with van der Waals surface area (Å²) in [5, 5.41) is 0.278. The Morgan fingerprint density at radius 2 is 1.81 bits per heavy atom. The quantitative estimate of drug-likeness (QED) is 0.555. The summed E-state index contributed by atoms with van der Waals surface area (Å²) in [5.74, 6) is 0. The molecule has 0 spiro atoms. The molecular formula is C11H16BClN2O. The molecule has 3 nitrogen and oxygen atoms in total. The SMILES string of the molecule is CC1(C)CB(c2cnc(Cl)nc2)OC1(C)C. The van der Waals surface area contributed by atoms with Crippen molar-refractivity contribution in [2.75, 3.05) is 0 Å². The number of rotatable bonds is 1. The highest BCUT2D eigenvalue weighted by Crippen LogP contribution is 2.44. The van der Waals surface area contributed by atoms with Gasteiger partial charge in [-0.3, -0.25) is 0 Å². The average molecular weight is 239 g/mol. The zero-order valence-corrected chi connectivity index (χ0v) is 10.9. The van der Waals surface area contributed by atoms with Crippen molar-refractivity contribution >= 4 is 24.0 Å². The molecule has 1 aliphatic heterocycles. The first kappa shape index (κ1) is 11.9. The molecule has 2 rings (SSSR count). The fourth-order valence-corrected chi connectivity index (χ4v) is 2.04. The monoisotopic (exact) mass is 238 g/mol. The first-order valence-corrected chi connectivity index (χ1v) is 5.85. The molecular weight excluding hydrogens is 222 g/mol. The van der Waals surface area contributed by atoms with Gasteiger partial charge in [-0.2, -0.15) is 0 Å². The van der Waals surface area contributed by atoms with Crippen molar-refractivity contribution < 1.29 is 4.65 Å². The van der Waals surface area contributed by atoms with E-state index in [2.05, 4.69) is 37.7 Å². The Morgan fingerprint density at radius 3 is 2.25 bits per heavy atom. The van der Waals surface area contributed by atoms with Gasteiger partial charge in [-0.25, -0.2) is 9.97 Å². The Bertz CT molecular complexity index is 375. The van der Waals surface area contributed by atoms with Crippen LogP contribution >= 0.6 is 11.6 Å². The Balaban J connectivity index is 2.23. The Kier molecular flexibility index (Phi) is 2.75. The second kappa shape index (κ2) is 3.71. The van der Waals surface area contributed by atoms with Crippen LogP contribution in [0.4, 0.5) is 0 Å². The standard InChI is InChI=1S/C11H16BClN2O/c1-10(2)7-12(16-11(10,3)4)8-5-14-9(13)15-6-8/h5-6H,7H2,1-4H3. The molecule has 0 aliphatic carbocycles. The second-order valence-electron chi connectivity index (χ2n) is 5.49. The molecule has 0 bridgehead atoms. The van der Waals surface area contributed by atoms with E-state index in [1.54, 1.807) is 12.4 Å². The summed E-state index contributed by atoms with van der Waals surface area (Å²) in [6.07, 6.45) is 4.47. The predicted molar refractivity (Wildman–Crippen MR) is 66.2 cm³/mol. The van der Waals surface area contributed by atoms with Crippen molar-refractivity contribution in [2.24, 2.45) is 5.41 Å². The molecule has 0 unspecified atom stereocenters. The van der Waals surface area contributed by atoms with E-state index in [-0.39, 0.29) is 23.2 Å². The van der Waals surface area contributed by atoms with Crippen LogP contribution in [0.2, 0.25) is 11.6 Å². The maximum absolute atomic E-state index is 6.07. The van der Waals surface area contributed by atoms with Crippen molar-refractivity contribution in [3.05, 3.63) is 17.7 Å². The highest BCUT2D eigenvalue weighted by atomic mass is 35.5. The molecule has 1 saturated heterocycles. The molecule has 0 atom stereocenters. The summed E-state index contributed by atoms with van der Waals surface area (Å²) >= 11 is 5.67. The van der Waals surface area contributed by atoms with Crippen molar-refractivity contribution in [1.29, 1.82) is 0 Å². The van der Waals surface area contributed by atoms with Crippen LogP contribution in [0.1, 0.15) is 27.7 Å². The molecule has 86 valence electrons. The normalized spacial score (nSPS) is 22.4. The van der Waals surface area contributed by atoms with Crippen LogP contribution in [0.5, 0.6) is 0 Å². The van der Waals surface area contributed by atoms with Gasteiger partial charge in [-0.1, -0.05) is 13.8 Å². The number of hydrogen-bond donors (Lipinski definition) is 0. The van der Waals surface area contributed by atoms with Gasteiger partial charge in [0.05, 0.1) is 5.60 Å². The van der Waals surface area contributed by atoms with Gasteiger partial charge in [0.1, 0.15) is 0 Å². The van der Waals surface area contributed by atoms with Gasteiger partial charge in [-0.15, -0.1) is 0 Å². The summed E-state index contributed by atoms with van der Waals surface area (Å²) < 4.78 is 6.07. The number of aromatic nitrogens is 2. The van der Waals surface area contributed by atoms with Crippen LogP contribution in [0, 0.1) is 5.41 Å². The van der Waals surface area contributed by atoms with E-state index in [1.165, 1.54) is 0 Å². The predicted octanol–water partition coefficient (Wildman–Crippen LogP) is 2.16. The lowest BCUT2D eigenvalue weighted by molar-refractivity contribution is 0.0375. The summed E-state index contributed by atoms with van der Waals surface area (Å²) in [5.41, 5.74) is 1.03. The molecule has 1 fully saturated rings. The first-order valence-electron chi connectivity index (χ1n) is 5.47. The molecule has 16 heavy (non-hydrogen) atoms. The molecule has 0 radical (unpaired) electrons. The van der Waals surface area contributed by atoms with E-state index in [1.807, 2.05) is 0 Å². The fraction of sp³-hybridized carbons (Fsp3) is 0.636. The van der Waals surface area contributed by atoms with Gasteiger partial charge in [0.15, 0.2) is 0 Å². The lowest BCUT2D eigenvalue weighted by atomic mass is 9.55. The summed E-state index contributed by atoms with van der Waals surface area (Å²) in [4.78, 5) is 7.99. The fourth-order valence-electron chi connectivity index (χ4n) is 1.94. The van der Waals surface area contributed by atoms with Gasteiger partial charge in [-0.05, 0) is 42.6 Å². The maximum atomic E-state index is 6.07. The van der Waals surface area contributed by atoms with Crippen molar-refractivity contribution in [2.45, 2.75) is 39.6 Å². The Hall–Kier alpha value is -0.605. The van der Waals surface area contributed by atoms with Crippen LogP contribution in [0.25, 0.3) is 0 Å². The molecule has 1 aromatic heterocycles. The smallest absolute Gasteiger partial charge is 0.331 e. The second-order valence-corrected chi connectivity index (χ2v) is 5.83. The molecule has 0 saturated carbocycles. The third-order valence-corrected chi connectivity index (χ3v) is 3.97. The van der Waals surface area contributed by atoms with Gasteiger partial charge in [0, 0.05) is 12.4 Å². The highest BCUT2D eigenvalue weighted by molar-refractivity contribution is 6.68. The lowest BCUT2D eigenvalue weighted by Crippen LogP contribution is -2.36. The zero-order chi connectivity index (χ0) is 12.0. The van der Waals surface area contributed by atoms with Gasteiger partial charge in [0.25, 0.3) is 0 Å². The average Bonchev–Trinajstić information content (AvgIpc) is 2.37. The molecule has 1 aliphatic rings. The molecule has 0 amide bonds. The Labute approximate surface area is 102 Å². The third kappa shape index (κ3) is 1.96. The summed E-state index contributed by atoms with van der Waals surface area (Å²) in [6, 6.07) is 0. The van der Waals surface area contributed by atoms with Crippen molar-refractivity contribution in [3.63, 3.8) is 0 Å². The van der Waals surface area contributed by atoms with E-state index >= 15 is 0 Å². The van der Waals surface area contributed by atoms with Crippen LogP contribution in [0.15, 0.2) is 12.4 Å². The van der Waals surface area contributed by atoms with E-state index in [9.17, 15) is 0 Å². The van der Waals surface area contributed by atoms with Crippen molar-refractivity contribution in [1.82, 2.24) is 9.97 Å². The number of halogens is 1.